The first kappa shape index (κ1) is 13.0. The Balaban J connectivity index is 2.41. The number of hydrogen-bond donors (Lipinski definition) is 1. The molecule has 1 saturated heterocycles. The summed E-state index contributed by atoms with van der Waals surface area (Å²) in [4.78, 5) is 34.6. The van der Waals surface area contributed by atoms with Crippen LogP contribution in [0.1, 0.15) is 26.2 Å². The van der Waals surface area contributed by atoms with Crippen molar-refractivity contribution in [2.24, 2.45) is 0 Å². The summed E-state index contributed by atoms with van der Waals surface area (Å²) in [5.74, 6) is -0.680. The molecule has 1 atom stereocenters. The van der Waals surface area contributed by atoms with Crippen LogP contribution in [0, 0.1) is 0 Å². The molecule has 1 N–H and O–H groups in total. The molecule has 5 nitrogen and oxygen atoms in total. The van der Waals surface area contributed by atoms with E-state index < -0.39 is 12.0 Å². The minimum atomic E-state index is -0.940. The van der Waals surface area contributed by atoms with Crippen LogP contribution in [-0.4, -0.2) is 45.3 Å². The van der Waals surface area contributed by atoms with Crippen molar-refractivity contribution in [3.63, 3.8) is 0 Å². The number of likely N-dealkylation sites (tertiary alicyclic amines) is 1. The summed E-state index contributed by atoms with van der Waals surface area (Å²) in [6.07, 6.45) is 1.50. The average molecular weight is 245 g/mol. The van der Waals surface area contributed by atoms with Crippen LogP contribution in [0.25, 0.3) is 0 Å². The molecular formula is C10H15NO4S. The number of nitrogens with zero attached hydrogens (tertiary/aromatic N) is 1. The molecule has 1 unspecified atom stereocenters. The third kappa shape index (κ3) is 3.52. The zero-order chi connectivity index (χ0) is 12.1. The summed E-state index contributed by atoms with van der Waals surface area (Å²) in [7, 11) is 0. The Hall–Kier alpha value is -1.04. The smallest absolute Gasteiger partial charge is 0.326 e. The fourth-order valence-electron chi connectivity index (χ4n) is 1.75. The van der Waals surface area contributed by atoms with Gasteiger partial charge in [0.25, 0.3) is 0 Å². The highest BCUT2D eigenvalue weighted by Crippen LogP contribution is 2.19. The lowest BCUT2D eigenvalue weighted by molar-refractivity contribution is -0.148. The second-order valence-corrected chi connectivity index (χ2v) is 4.95. The van der Waals surface area contributed by atoms with Crippen LogP contribution in [0.2, 0.25) is 0 Å². The average Bonchev–Trinajstić information content (AvgIpc) is 2.65. The van der Waals surface area contributed by atoms with Crippen molar-refractivity contribution < 1.29 is 19.5 Å². The zero-order valence-electron chi connectivity index (χ0n) is 9.14. The number of carboxylic acids is 1. The summed E-state index contributed by atoms with van der Waals surface area (Å²) >= 11 is 1.09. The van der Waals surface area contributed by atoms with Crippen LogP contribution in [0.3, 0.4) is 0 Å². The number of carbonyl (C=O) groups excluding carboxylic acids is 2. The van der Waals surface area contributed by atoms with E-state index in [-0.39, 0.29) is 17.4 Å². The van der Waals surface area contributed by atoms with E-state index in [1.54, 1.807) is 0 Å². The van der Waals surface area contributed by atoms with Crippen molar-refractivity contribution in [2.45, 2.75) is 32.2 Å². The SMILES string of the molecule is CC(=O)SCCC(=O)N1CCCC1C(=O)O. The van der Waals surface area contributed by atoms with Crippen molar-refractivity contribution in [1.29, 1.82) is 0 Å². The minimum Gasteiger partial charge on any atom is -0.480 e. The zero-order valence-corrected chi connectivity index (χ0v) is 9.96. The van der Waals surface area contributed by atoms with Crippen LogP contribution >= 0.6 is 11.8 Å². The molecule has 1 aliphatic rings. The summed E-state index contributed by atoms with van der Waals surface area (Å²) in [5, 5.41) is 8.87. The van der Waals surface area contributed by atoms with E-state index in [0.29, 0.717) is 18.7 Å². The minimum absolute atomic E-state index is 0.0241. The number of thioether (sulfide) groups is 1. The van der Waals surface area contributed by atoms with Gasteiger partial charge in [0.1, 0.15) is 6.04 Å². The molecule has 0 spiro atoms. The topological polar surface area (TPSA) is 74.7 Å². The Kier molecular flexibility index (Phi) is 4.79. The molecule has 1 amide bonds. The molecule has 1 heterocycles. The first-order chi connectivity index (χ1) is 7.52. The highest BCUT2D eigenvalue weighted by Gasteiger charge is 2.33. The third-order valence-electron chi connectivity index (χ3n) is 2.48. The molecule has 16 heavy (non-hydrogen) atoms. The fraction of sp³-hybridized carbons (Fsp3) is 0.700. The Labute approximate surface area is 98.2 Å². The summed E-state index contributed by atoms with van der Waals surface area (Å²) in [6.45, 7) is 1.96. The Bertz CT molecular complexity index is 305. The molecule has 0 radical (unpaired) electrons. The van der Waals surface area contributed by atoms with Crippen LogP contribution in [0.5, 0.6) is 0 Å². The standard InChI is InChI=1S/C10H15NO4S/c1-7(12)16-6-4-9(13)11-5-2-3-8(11)10(14)15/h8H,2-6H2,1H3,(H,14,15). The van der Waals surface area contributed by atoms with E-state index >= 15 is 0 Å². The highest BCUT2D eigenvalue weighted by molar-refractivity contribution is 8.13. The van der Waals surface area contributed by atoms with Gasteiger partial charge in [0.15, 0.2) is 5.12 Å². The van der Waals surface area contributed by atoms with E-state index in [4.69, 9.17) is 5.11 Å². The molecule has 1 rings (SSSR count). The van der Waals surface area contributed by atoms with Crippen LogP contribution in [-0.2, 0) is 14.4 Å². The quantitative estimate of drug-likeness (QED) is 0.790. The molecular weight excluding hydrogens is 230 g/mol. The monoisotopic (exact) mass is 245 g/mol. The molecule has 90 valence electrons. The van der Waals surface area contributed by atoms with Gasteiger partial charge < -0.3 is 10.0 Å². The van der Waals surface area contributed by atoms with E-state index in [1.807, 2.05) is 0 Å². The normalized spacial score (nSPS) is 19.8. The number of amides is 1. The van der Waals surface area contributed by atoms with Crippen molar-refractivity contribution in [2.75, 3.05) is 12.3 Å². The second kappa shape index (κ2) is 5.89. The van der Waals surface area contributed by atoms with Gasteiger partial charge in [0.05, 0.1) is 0 Å². The molecule has 0 aliphatic carbocycles. The molecule has 0 aromatic heterocycles. The molecule has 0 aromatic carbocycles. The lowest BCUT2D eigenvalue weighted by Crippen LogP contribution is -2.40. The van der Waals surface area contributed by atoms with Crippen LogP contribution in [0.4, 0.5) is 0 Å². The number of rotatable bonds is 4. The predicted octanol–water partition coefficient (Wildman–Crippen LogP) is 0.732. The van der Waals surface area contributed by atoms with Crippen molar-refractivity contribution >= 4 is 28.8 Å². The lowest BCUT2D eigenvalue weighted by atomic mass is 10.2. The van der Waals surface area contributed by atoms with Gasteiger partial charge in [0.2, 0.25) is 5.91 Å². The van der Waals surface area contributed by atoms with Gasteiger partial charge in [-0.3, -0.25) is 9.59 Å². The van der Waals surface area contributed by atoms with Gasteiger partial charge in [-0.1, -0.05) is 11.8 Å². The van der Waals surface area contributed by atoms with Gasteiger partial charge in [0, 0.05) is 25.6 Å². The number of carbonyl (C=O) groups is 3. The van der Waals surface area contributed by atoms with Crippen LogP contribution in [0.15, 0.2) is 0 Å². The number of aliphatic carboxylic acids is 1. The maximum atomic E-state index is 11.7. The lowest BCUT2D eigenvalue weighted by Gasteiger charge is -2.21. The van der Waals surface area contributed by atoms with Gasteiger partial charge in [-0.2, -0.15) is 0 Å². The van der Waals surface area contributed by atoms with E-state index in [9.17, 15) is 14.4 Å². The molecule has 0 bridgehead atoms. The molecule has 1 fully saturated rings. The Morgan fingerprint density at radius 2 is 2.12 bits per heavy atom. The van der Waals surface area contributed by atoms with Crippen molar-refractivity contribution in [3.8, 4) is 0 Å². The number of carboxylic acid groups (broad SMARTS) is 1. The first-order valence-electron chi connectivity index (χ1n) is 5.18. The second-order valence-electron chi connectivity index (χ2n) is 3.67. The molecule has 6 heteroatoms. The van der Waals surface area contributed by atoms with Crippen molar-refractivity contribution in [3.05, 3.63) is 0 Å². The van der Waals surface area contributed by atoms with Gasteiger partial charge in [-0.05, 0) is 12.8 Å². The molecule has 0 saturated carbocycles. The predicted molar refractivity (Wildman–Crippen MR) is 60.1 cm³/mol. The maximum Gasteiger partial charge on any atom is 0.326 e. The molecule has 1 aliphatic heterocycles. The van der Waals surface area contributed by atoms with E-state index in [2.05, 4.69) is 0 Å². The molecule has 0 aromatic rings. The van der Waals surface area contributed by atoms with Gasteiger partial charge in [-0.25, -0.2) is 4.79 Å². The van der Waals surface area contributed by atoms with E-state index in [1.165, 1.54) is 11.8 Å². The Morgan fingerprint density at radius 3 is 2.69 bits per heavy atom. The highest BCUT2D eigenvalue weighted by atomic mass is 32.2. The van der Waals surface area contributed by atoms with Crippen LogP contribution < -0.4 is 0 Å². The maximum absolute atomic E-state index is 11.7. The summed E-state index contributed by atoms with van der Waals surface area (Å²) in [6, 6.07) is -0.671. The first-order valence-corrected chi connectivity index (χ1v) is 6.16. The van der Waals surface area contributed by atoms with E-state index in [0.717, 1.165) is 18.2 Å². The fourth-order valence-corrected chi connectivity index (χ4v) is 2.31. The third-order valence-corrected chi connectivity index (χ3v) is 3.29. The summed E-state index contributed by atoms with van der Waals surface area (Å²) < 4.78 is 0. The Morgan fingerprint density at radius 1 is 1.44 bits per heavy atom. The van der Waals surface area contributed by atoms with Crippen molar-refractivity contribution in [1.82, 2.24) is 4.90 Å². The van der Waals surface area contributed by atoms with Gasteiger partial charge in [-0.15, -0.1) is 0 Å². The number of hydrogen-bond acceptors (Lipinski definition) is 4. The summed E-state index contributed by atoms with van der Waals surface area (Å²) in [5.41, 5.74) is 0. The largest absolute Gasteiger partial charge is 0.480 e. The van der Waals surface area contributed by atoms with Gasteiger partial charge >= 0.3 is 5.97 Å².